The van der Waals surface area contributed by atoms with Crippen molar-refractivity contribution in [2.45, 2.75) is 12.8 Å². The Balaban J connectivity index is 2.61. The van der Waals surface area contributed by atoms with Crippen LogP contribution in [0.5, 0.6) is 0 Å². The highest BCUT2D eigenvalue weighted by Gasteiger charge is 2.07. The standard InChI is InChI=1S/C8H11NO/c9-6-5-7-3-1-2-4-8(7)10/h1-3H,4-6,9H2. The average molecular weight is 137 g/mol. The zero-order valence-corrected chi connectivity index (χ0v) is 5.84. The van der Waals surface area contributed by atoms with Gasteiger partial charge in [0, 0.05) is 6.42 Å². The molecule has 54 valence electrons. The van der Waals surface area contributed by atoms with Gasteiger partial charge in [0.05, 0.1) is 0 Å². The summed E-state index contributed by atoms with van der Waals surface area (Å²) in [6.45, 7) is 0.561. The maximum atomic E-state index is 11.0. The number of Topliss-reactive ketones (excluding diaryl/α,β-unsaturated/α-hetero) is 1. The van der Waals surface area contributed by atoms with Crippen LogP contribution in [0.3, 0.4) is 0 Å². The van der Waals surface area contributed by atoms with Crippen LogP contribution in [-0.2, 0) is 4.79 Å². The maximum absolute atomic E-state index is 11.0. The predicted octanol–water partition coefficient (Wildman–Crippen LogP) is 0.791. The number of nitrogens with two attached hydrogens (primary N) is 1. The first-order valence-electron chi connectivity index (χ1n) is 3.43. The molecule has 0 radical (unpaired) electrons. The molecule has 0 bridgehead atoms. The van der Waals surface area contributed by atoms with E-state index >= 15 is 0 Å². The van der Waals surface area contributed by atoms with Crippen LogP contribution in [0, 0.1) is 0 Å². The van der Waals surface area contributed by atoms with Gasteiger partial charge in [0.2, 0.25) is 0 Å². The summed E-state index contributed by atoms with van der Waals surface area (Å²) in [5.74, 6) is 0.216. The van der Waals surface area contributed by atoms with Crippen molar-refractivity contribution < 1.29 is 4.79 Å². The van der Waals surface area contributed by atoms with Gasteiger partial charge in [-0.3, -0.25) is 4.79 Å². The molecule has 0 aliphatic heterocycles. The van der Waals surface area contributed by atoms with E-state index in [1.165, 1.54) is 0 Å². The first kappa shape index (κ1) is 7.22. The molecule has 0 unspecified atom stereocenters. The van der Waals surface area contributed by atoms with E-state index in [-0.39, 0.29) is 5.78 Å². The molecule has 1 aliphatic carbocycles. The SMILES string of the molecule is NCCC1=CC=CCC1=O. The molecule has 1 rings (SSSR count). The monoisotopic (exact) mass is 137 g/mol. The molecule has 0 fully saturated rings. The minimum atomic E-state index is 0.216. The highest BCUT2D eigenvalue weighted by molar-refractivity contribution is 5.97. The van der Waals surface area contributed by atoms with Crippen molar-refractivity contribution in [1.82, 2.24) is 0 Å². The Hall–Kier alpha value is -0.890. The first-order valence-corrected chi connectivity index (χ1v) is 3.43. The number of allylic oxidation sites excluding steroid dienone is 3. The van der Waals surface area contributed by atoms with Gasteiger partial charge in [-0.1, -0.05) is 18.2 Å². The summed E-state index contributed by atoms with van der Waals surface area (Å²) >= 11 is 0. The van der Waals surface area contributed by atoms with Crippen molar-refractivity contribution in [1.29, 1.82) is 0 Å². The second-order valence-electron chi connectivity index (χ2n) is 2.29. The van der Waals surface area contributed by atoms with Crippen molar-refractivity contribution in [2.24, 2.45) is 5.73 Å². The molecule has 0 saturated heterocycles. The maximum Gasteiger partial charge on any atom is 0.162 e. The number of carbonyl (C=O) groups excluding carboxylic acids is 1. The molecule has 0 amide bonds. The van der Waals surface area contributed by atoms with Gasteiger partial charge >= 0.3 is 0 Å². The zero-order valence-electron chi connectivity index (χ0n) is 5.84. The third-order valence-corrected chi connectivity index (χ3v) is 1.51. The van der Waals surface area contributed by atoms with Crippen LogP contribution in [0.1, 0.15) is 12.8 Å². The van der Waals surface area contributed by atoms with Crippen molar-refractivity contribution >= 4 is 5.78 Å². The molecule has 1 aliphatic rings. The largest absolute Gasteiger partial charge is 0.330 e. The van der Waals surface area contributed by atoms with Crippen LogP contribution in [0.4, 0.5) is 0 Å². The normalized spacial score (nSPS) is 17.3. The summed E-state index contributed by atoms with van der Waals surface area (Å²) in [4.78, 5) is 11.0. The topological polar surface area (TPSA) is 43.1 Å². The summed E-state index contributed by atoms with van der Waals surface area (Å²) in [6, 6.07) is 0. The van der Waals surface area contributed by atoms with Crippen molar-refractivity contribution in [2.75, 3.05) is 6.54 Å². The molecule has 10 heavy (non-hydrogen) atoms. The number of carbonyl (C=O) groups is 1. The first-order chi connectivity index (χ1) is 4.84. The van der Waals surface area contributed by atoms with Gasteiger partial charge in [0.25, 0.3) is 0 Å². The van der Waals surface area contributed by atoms with Gasteiger partial charge in [-0.25, -0.2) is 0 Å². The lowest BCUT2D eigenvalue weighted by atomic mass is 10.0. The van der Waals surface area contributed by atoms with Gasteiger partial charge < -0.3 is 5.73 Å². The van der Waals surface area contributed by atoms with E-state index in [1.54, 1.807) is 0 Å². The average Bonchev–Trinajstić information content (AvgIpc) is 1.94. The fourth-order valence-electron chi connectivity index (χ4n) is 0.962. The minimum absolute atomic E-state index is 0.216. The van der Waals surface area contributed by atoms with Gasteiger partial charge in [0.15, 0.2) is 5.78 Å². The number of rotatable bonds is 2. The van der Waals surface area contributed by atoms with Crippen LogP contribution < -0.4 is 5.73 Å². The molecule has 2 N–H and O–H groups in total. The fourth-order valence-corrected chi connectivity index (χ4v) is 0.962. The van der Waals surface area contributed by atoms with E-state index in [1.807, 2.05) is 18.2 Å². The van der Waals surface area contributed by atoms with Gasteiger partial charge in [-0.05, 0) is 18.5 Å². The summed E-state index contributed by atoms with van der Waals surface area (Å²) in [5.41, 5.74) is 6.17. The van der Waals surface area contributed by atoms with E-state index in [9.17, 15) is 4.79 Å². The second-order valence-corrected chi connectivity index (χ2v) is 2.29. The quantitative estimate of drug-likeness (QED) is 0.611. The van der Waals surface area contributed by atoms with Crippen molar-refractivity contribution in [3.8, 4) is 0 Å². The Kier molecular flexibility index (Phi) is 2.40. The Bertz CT molecular complexity index is 191. The smallest absolute Gasteiger partial charge is 0.162 e. The van der Waals surface area contributed by atoms with Gasteiger partial charge in [-0.2, -0.15) is 0 Å². The lowest BCUT2D eigenvalue weighted by molar-refractivity contribution is -0.115. The minimum Gasteiger partial charge on any atom is -0.330 e. The van der Waals surface area contributed by atoms with Crippen LogP contribution in [0.2, 0.25) is 0 Å². The molecular weight excluding hydrogens is 126 g/mol. The summed E-state index contributed by atoms with van der Waals surface area (Å²) < 4.78 is 0. The molecule has 0 heterocycles. The van der Waals surface area contributed by atoms with Crippen LogP contribution >= 0.6 is 0 Å². The molecule has 0 spiro atoms. The van der Waals surface area contributed by atoms with Gasteiger partial charge in [-0.15, -0.1) is 0 Å². The van der Waals surface area contributed by atoms with Crippen molar-refractivity contribution in [3.63, 3.8) is 0 Å². The summed E-state index contributed by atoms with van der Waals surface area (Å²) in [6.07, 6.45) is 6.88. The molecular formula is C8H11NO. The Morgan fingerprint density at radius 2 is 2.40 bits per heavy atom. The fraction of sp³-hybridized carbons (Fsp3) is 0.375. The Morgan fingerprint density at radius 3 is 3.00 bits per heavy atom. The van der Waals surface area contributed by atoms with E-state index < -0.39 is 0 Å². The number of ketones is 1. The molecule has 0 saturated carbocycles. The van der Waals surface area contributed by atoms with Crippen LogP contribution in [-0.4, -0.2) is 12.3 Å². The zero-order chi connectivity index (χ0) is 7.40. The van der Waals surface area contributed by atoms with Crippen molar-refractivity contribution in [3.05, 3.63) is 23.8 Å². The third-order valence-electron chi connectivity index (χ3n) is 1.51. The predicted molar refractivity (Wildman–Crippen MR) is 40.5 cm³/mol. The van der Waals surface area contributed by atoms with Crippen LogP contribution in [0.25, 0.3) is 0 Å². The van der Waals surface area contributed by atoms with Gasteiger partial charge in [0.1, 0.15) is 0 Å². The lowest BCUT2D eigenvalue weighted by Crippen LogP contribution is -2.09. The van der Waals surface area contributed by atoms with E-state index in [2.05, 4.69) is 0 Å². The molecule has 0 aromatic rings. The summed E-state index contributed by atoms with van der Waals surface area (Å²) in [7, 11) is 0. The van der Waals surface area contributed by atoms with E-state index in [0.29, 0.717) is 19.4 Å². The molecule has 2 nitrogen and oxygen atoms in total. The third kappa shape index (κ3) is 1.54. The van der Waals surface area contributed by atoms with E-state index in [0.717, 1.165) is 5.57 Å². The summed E-state index contributed by atoms with van der Waals surface area (Å²) in [5, 5.41) is 0. The molecule has 0 atom stereocenters. The van der Waals surface area contributed by atoms with E-state index in [4.69, 9.17) is 5.73 Å². The number of hydrogen-bond donors (Lipinski definition) is 1. The molecule has 0 aromatic carbocycles. The highest BCUT2D eigenvalue weighted by Crippen LogP contribution is 2.09. The Labute approximate surface area is 60.4 Å². The van der Waals surface area contributed by atoms with Crippen LogP contribution in [0.15, 0.2) is 23.8 Å². The molecule has 0 aromatic heterocycles. The number of hydrogen-bond acceptors (Lipinski definition) is 2. The Morgan fingerprint density at radius 1 is 1.60 bits per heavy atom. The second kappa shape index (κ2) is 3.32. The molecule has 2 heteroatoms. The lowest BCUT2D eigenvalue weighted by Gasteiger charge is -2.04. The highest BCUT2D eigenvalue weighted by atomic mass is 16.1.